The van der Waals surface area contributed by atoms with Crippen molar-refractivity contribution in [1.29, 1.82) is 0 Å². The van der Waals surface area contributed by atoms with Gasteiger partial charge in [-0.05, 0) is 118 Å². The highest BCUT2D eigenvalue weighted by atomic mass is 16.5. The standard InChI is InChI=1S/C52H66O8/c1-2-3-9-14-38-17-19-39(20-18-38)40-21-23-42(24-22-40)51(55)59-45-29-31-46(32-30-45)60-52(56)43-25-27-44(28-26-43)57-35-12-6-4-5-7-13-36-58-47-33-34-48(49(53)37-47)50(54)41-15-10-8-11-16-41/h8,10-11,15-16,25-29,31,33-34,37-40,42,53H,2-7,9,12-14,17-24,30,32,35-36H2,1H3. The summed E-state index contributed by atoms with van der Waals surface area (Å²) in [5, 5.41) is 10.4. The summed E-state index contributed by atoms with van der Waals surface area (Å²) in [7, 11) is 0. The highest BCUT2D eigenvalue weighted by Crippen LogP contribution is 2.43. The number of esters is 2. The normalized spacial score (nSPS) is 20.4. The second kappa shape index (κ2) is 23.8. The van der Waals surface area contributed by atoms with Gasteiger partial charge < -0.3 is 24.1 Å². The molecule has 3 aromatic rings. The number of ether oxygens (including phenoxy) is 4. The molecule has 60 heavy (non-hydrogen) atoms. The van der Waals surface area contributed by atoms with Crippen LogP contribution in [0.4, 0.5) is 0 Å². The summed E-state index contributed by atoms with van der Waals surface area (Å²) in [6.07, 6.45) is 25.9. The van der Waals surface area contributed by atoms with E-state index < -0.39 is 5.97 Å². The van der Waals surface area contributed by atoms with Gasteiger partial charge in [0.25, 0.3) is 0 Å². The van der Waals surface area contributed by atoms with E-state index in [0.717, 1.165) is 82.0 Å². The van der Waals surface area contributed by atoms with E-state index in [1.165, 1.54) is 57.4 Å². The highest BCUT2D eigenvalue weighted by molar-refractivity contribution is 6.10. The lowest BCUT2D eigenvalue weighted by molar-refractivity contribution is -0.146. The third-order valence-corrected chi connectivity index (χ3v) is 12.8. The Hall–Kier alpha value is -4.85. The van der Waals surface area contributed by atoms with Gasteiger partial charge in [0, 0.05) is 24.5 Å². The van der Waals surface area contributed by atoms with Crippen LogP contribution >= 0.6 is 0 Å². The van der Waals surface area contributed by atoms with Crippen LogP contribution in [0.15, 0.2) is 96.5 Å². The Morgan fingerprint density at radius 1 is 0.600 bits per heavy atom. The van der Waals surface area contributed by atoms with Gasteiger partial charge in [0.15, 0.2) is 5.78 Å². The lowest BCUT2D eigenvalue weighted by Crippen LogP contribution is -2.29. The molecule has 1 N–H and O–H groups in total. The topological polar surface area (TPSA) is 108 Å². The molecule has 8 nitrogen and oxygen atoms in total. The van der Waals surface area contributed by atoms with Crippen LogP contribution in [0.5, 0.6) is 17.2 Å². The van der Waals surface area contributed by atoms with Gasteiger partial charge in [-0.3, -0.25) is 9.59 Å². The molecule has 0 aromatic heterocycles. The second-order valence-electron chi connectivity index (χ2n) is 17.2. The summed E-state index contributed by atoms with van der Waals surface area (Å²) >= 11 is 0. The van der Waals surface area contributed by atoms with Crippen LogP contribution in [-0.4, -0.2) is 36.0 Å². The predicted octanol–water partition coefficient (Wildman–Crippen LogP) is 12.9. The minimum atomic E-state index is -0.417. The molecule has 0 saturated heterocycles. The molecule has 0 amide bonds. The van der Waals surface area contributed by atoms with Gasteiger partial charge in [-0.15, -0.1) is 0 Å². The van der Waals surface area contributed by atoms with Gasteiger partial charge in [-0.25, -0.2) is 4.79 Å². The molecule has 0 atom stereocenters. The monoisotopic (exact) mass is 818 g/mol. The Morgan fingerprint density at radius 3 is 1.80 bits per heavy atom. The van der Waals surface area contributed by atoms with E-state index in [4.69, 9.17) is 18.9 Å². The molecule has 3 aliphatic carbocycles. The number of unbranched alkanes of at least 4 members (excludes halogenated alkanes) is 7. The molecule has 2 saturated carbocycles. The van der Waals surface area contributed by atoms with E-state index in [1.807, 2.05) is 6.07 Å². The summed E-state index contributed by atoms with van der Waals surface area (Å²) in [5.74, 6) is 4.21. The lowest BCUT2D eigenvalue weighted by Gasteiger charge is -2.37. The van der Waals surface area contributed by atoms with E-state index in [9.17, 15) is 19.5 Å². The van der Waals surface area contributed by atoms with Crippen LogP contribution < -0.4 is 9.47 Å². The fourth-order valence-electron chi connectivity index (χ4n) is 9.13. The Labute approximate surface area is 357 Å². The predicted molar refractivity (Wildman–Crippen MR) is 235 cm³/mol. The smallest absolute Gasteiger partial charge is 0.343 e. The number of hydrogen-bond donors (Lipinski definition) is 1. The Kier molecular flexibility index (Phi) is 17.7. The first-order chi connectivity index (χ1) is 29.4. The zero-order valence-electron chi connectivity index (χ0n) is 35.8. The van der Waals surface area contributed by atoms with Gasteiger partial charge >= 0.3 is 11.9 Å². The molecule has 0 heterocycles. The number of allylic oxidation sites excluding steroid dienone is 4. The van der Waals surface area contributed by atoms with Crippen molar-refractivity contribution < 1.29 is 38.4 Å². The molecule has 0 bridgehead atoms. The average molecular weight is 819 g/mol. The second-order valence-corrected chi connectivity index (χ2v) is 17.2. The Balaban J connectivity index is 0.789. The number of hydrogen-bond acceptors (Lipinski definition) is 8. The molecule has 2 fully saturated rings. The Bertz CT molecular complexity index is 1860. The van der Waals surface area contributed by atoms with E-state index in [-0.39, 0.29) is 29.0 Å². The molecule has 0 unspecified atom stereocenters. The zero-order chi connectivity index (χ0) is 41.9. The number of phenolic OH excluding ortho intramolecular Hbond substituents is 1. The van der Waals surface area contributed by atoms with Crippen molar-refractivity contribution in [3.8, 4) is 17.2 Å². The minimum absolute atomic E-state index is 0.0127. The van der Waals surface area contributed by atoms with Gasteiger partial charge in [-0.1, -0.05) is 101 Å². The average Bonchev–Trinajstić information content (AvgIpc) is 3.28. The van der Waals surface area contributed by atoms with E-state index in [2.05, 4.69) is 6.92 Å². The van der Waals surface area contributed by atoms with Crippen LogP contribution in [0.2, 0.25) is 0 Å². The molecule has 8 heteroatoms. The van der Waals surface area contributed by atoms with Gasteiger partial charge in [0.1, 0.15) is 28.8 Å². The molecule has 322 valence electrons. The van der Waals surface area contributed by atoms with Crippen molar-refractivity contribution in [3.05, 3.63) is 113 Å². The summed E-state index contributed by atoms with van der Waals surface area (Å²) in [6.45, 7) is 3.43. The molecule has 3 aromatic carbocycles. The largest absolute Gasteiger partial charge is 0.507 e. The van der Waals surface area contributed by atoms with Crippen molar-refractivity contribution in [3.63, 3.8) is 0 Å². The molecule has 0 spiro atoms. The van der Waals surface area contributed by atoms with Crippen molar-refractivity contribution >= 4 is 17.7 Å². The van der Waals surface area contributed by atoms with Gasteiger partial charge in [0.2, 0.25) is 0 Å². The maximum Gasteiger partial charge on any atom is 0.343 e. The first-order valence-corrected chi connectivity index (χ1v) is 23.0. The first-order valence-electron chi connectivity index (χ1n) is 23.0. The fourth-order valence-corrected chi connectivity index (χ4v) is 9.13. The highest BCUT2D eigenvalue weighted by Gasteiger charge is 2.34. The third kappa shape index (κ3) is 13.9. The fraction of sp³-hybridized carbons (Fsp3) is 0.519. The number of rotatable bonds is 22. The summed E-state index contributed by atoms with van der Waals surface area (Å²) in [5.41, 5.74) is 1.25. The minimum Gasteiger partial charge on any atom is -0.507 e. The number of phenols is 1. The first kappa shape index (κ1) is 44.7. The summed E-state index contributed by atoms with van der Waals surface area (Å²) < 4.78 is 23.2. The van der Waals surface area contributed by atoms with Crippen molar-refractivity contribution in [2.75, 3.05) is 13.2 Å². The lowest BCUT2D eigenvalue weighted by atomic mass is 9.68. The molecule has 6 rings (SSSR count). The molecular weight excluding hydrogens is 753 g/mol. The maximum absolute atomic E-state index is 13.0. The quantitative estimate of drug-likeness (QED) is 0.0606. The Morgan fingerprint density at radius 2 is 1.18 bits per heavy atom. The summed E-state index contributed by atoms with van der Waals surface area (Å²) in [6, 6.07) is 20.8. The molecular formula is C52H66O8. The van der Waals surface area contributed by atoms with E-state index in [0.29, 0.717) is 60.2 Å². The van der Waals surface area contributed by atoms with Gasteiger partial charge in [0.05, 0.1) is 30.3 Å². The zero-order valence-corrected chi connectivity index (χ0v) is 35.8. The molecule has 0 aliphatic heterocycles. The number of carbonyl (C=O) groups is 3. The van der Waals surface area contributed by atoms with E-state index in [1.54, 1.807) is 72.8 Å². The van der Waals surface area contributed by atoms with Crippen LogP contribution in [0.1, 0.15) is 162 Å². The number of ketones is 1. The van der Waals surface area contributed by atoms with Crippen molar-refractivity contribution in [2.45, 2.75) is 135 Å². The number of carbonyl (C=O) groups excluding carboxylic acids is 3. The molecule has 0 radical (unpaired) electrons. The van der Waals surface area contributed by atoms with Crippen LogP contribution in [0.25, 0.3) is 0 Å². The van der Waals surface area contributed by atoms with Crippen molar-refractivity contribution in [1.82, 2.24) is 0 Å². The van der Waals surface area contributed by atoms with Crippen LogP contribution in [0, 0.1) is 23.7 Å². The van der Waals surface area contributed by atoms with Crippen LogP contribution in [-0.2, 0) is 14.3 Å². The maximum atomic E-state index is 13.0. The molecule has 3 aliphatic rings. The number of aromatic hydroxyl groups is 1. The van der Waals surface area contributed by atoms with Crippen molar-refractivity contribution in [2.24, 2.45) is 23.7 Å². The number of benzene rings is 3. The van der Waals surface area contributed by atoms with Gasteiger partial charge in [-0.2, -0.15) is 0 Å². The third-order valence-electron chi connectivity index (χ3n) is 12.8. The summed E-state index contributed by atoms with van der Waals surface area (Å²) in [4.78, 5) is 38.5. The van der Waals surface area contributed by atoms with E-state index >= 15 is 0 Å². The SMILES string of the molecule is CCCCCC1CCC(C2CCC(C(=O)OC3=CC=C(OC(=O)c4ccc(OCCCCCCCCOc5ccc(C(=O)c6ccccc6)c(O)c5)cc4)CC3)CC2)CC1. The van der Waals surface area contributed by atoms with Crippen LogP contribution in [0.3, 0.4) is 0 Å².